The topological polar surface area (TPSA) is 80.8 Å². The Kier molecular flexibility index (Phi) is 3.67. The number of nitrogens with zero attached hydrogens (tertiary/aromatic N) is 1. The van der Waals surface area contributed by atoms with Crippen molar-refractivity contribution in [1.82, 2.24) is 0 Å². The molecule has 3 atom stereocenters. The number of alkyl halides is 1. The zero-order valence-corrected chi connectivity index (χ0v) is 16.1. The number of esters is 1. The first-order chi connectivity index (χ1) is 12.3. The number of benzene rings is 1. The first-order valence-corrected chi connectivity index (χ1v) is 9.43. The summed E-state index contributed by atoms with van der Waals surface area (Å²) in [6.07, 6.45) is 0.225. The van der Waals surface area contributed by atoms with Crippen LogP contribution in [0, 0.1) is 5.92 Å². The molecule has 1 heterocycles. The van der Waals surface area contributed by atoms with Crippen LogP contribution in [0.25, 0.3) is 0 Å². The fraction of sp³-hybridized carbons (Fsp3) is 0.474. The lowest BCUT2D eigenvalue weighted by Crippen LogP contribution is -2.52. The average Bonchev–Trinajstić information content (AvgIpc) is 2.78. The van der Waals surface area contributed by atoms with E-state index < -0.39 is 27.4 Å². The molecule has 2 bridgehead atoms. The fourth-order valence-electron chi connectivity index (χ4n) is 4.64. The molecule has 0 spiro atoms. The lowest BCUT2D eigenvalue weighted by atomic mass is 9.64. The number of halogens is 1. The summed E-state index contributed by atoms with van der Waals surface area (Å²) in [5.41, 5.74) is 0.232. The van der Waals surface area contributed by atoms with Crippen LogP contribution in [0.3, 0.4) is 0 Å². The quantitative estimate of drug-likeness (QED) is 0.416. The summed E-state index contributed by atoms with van der Waals surface area (Å²) in [5, 5.41) is 0. The van der Waals surface area contributed by atoms with Crippen molar-refractivity contribution in [3.63, 3.8) is 0 Å². The molecule has 1 saturated carbocycles. The van der Waals surface area contributed by atoms with E-state index in [1.54, 1.807) is 32.2 Å². The number of carbonyl (C=O) groups excluding carboxylic acids is 4. The van der Waals surface area contributed by atoms with E-state index in [1.165, 1.54) is 4.90 Å². The number of ether oxygens (including phenoxy) is 1. The Morgan fingerprint density at radius 3 is 2.77 bits per heavy atom. The maximum Gasteiger partial charge on any atom is 0.324 e. The van der Waals surface area contributed by atoms with Gasteiger partial charge in [-0.2, -0.15) is 0 Å². The number of likely N-dealkylation sites (N-methyl/N-ethyl adjacent to an activating group) is 1. The molecule has 26 heavy (non-hydrogen) atoms. The lowest BCUT2D eigenvalue weighted by molar-refractivity contribution is -0.158. The normalized spacial score (nSPS) is 32.3. The van der Waals surface area contributed by atoms with Gasteiger partial charge in [-0.3, -0.25) is 19.2 Å². The van der Waals surface area contributed by atoms with Crippen LogP contribution in [-0.2, 0) is 33.7 Å². The van der Waals surface area contributed by atoms with Crippen molar-refractivity contribution < 1.29 is 23.9 Å². The van der Waals surface area contributed by atoms with Crippen molar-refractivity contribution in [2.75, 3.05) is 18.6 Å². The highest BCUT2D eigenvalue weighted by molar-refractivity contribution is 9.10. The molecule has 4 rings (SSSR count). The third kappa shape index (κ3) is 1.87. The first-order valence-electron chi connectivity index (χ1n) is 8.64. The Labute approximate surface area is 159 Å². The molecule has 1 aromatic carbocycles. The van der Waals surface area contributed by atoms with Crippen molar-refractivity contribution in [2.45, 2.75) is 35.9 Å². The minimum Gasteiger partial charge on any atom is -0.465 e. The zero-order valence-electron chi connectivity index (χ0n) is 14.5. The highest BCUT2D eigenvalue weighted by Crippen LogP contribution is 2.58. The zero-order chi connectivity index (χ0) is 18.9. The molecule has 3 aliphatic rings. The molecule has 0 aromatic heterocycles. The highest BCUT2D eigenvalue weighted by atomic mass is 79.9. The number of hydrogen-bond donors (Lipinski definition) is 0. The van der Waals surface area contributed by atoms with Crippen LogP contribution >= 0.6 is 15.9 Å². The number of amides is 1. The van der Waals surface area contributed by atoms with Crippen LogP contribution in [0.15, 0.2) is 18.2 Å². The van der Waals surface area contributed by atoms with Crippen LogP contribution < -0.4 is 4.90 Å². The van der Waals surface area contributed by atoms with Gasteiger partial charge >= 0.3 is 5.97 Å². The molecule has 6 nitrogen and oxygen atoms in total. The fourth-order valence-corrected chi connectivity index (χ4v) is 5.64. The first kappa shape index (κ1) is 17.4. The van der Waals surface area contributed by atoms with Crippen LogP contribution in [0.1, 0.15) is 37.3 Å². The number of fused-ring (bicyclic) bond motifs is 3. The molecular formula is C19H18BrNO5. The van der Waals surface area contributed by atoms with Gasteiger partial charge in [0.05, 0.1) is 12.5 Å². The van der Waals surface area contributed by atoms with E-state index >= 15 is 0 Å². The summed E-state index contributed by atoms with van der Waals surface area (Å²) < 4.78 is 4.09. The minimum atomic E-state index is -1.53. The van der Waals surface area contributed by atoms with Gasteiger partial charge in [-0.1, -0.05) is 28.1 Å². The predicted molar refractivity (Wildman–Crippen MR) is 96.1 cm³/mol. The van der Waals surface area contributed by atoms with Gasteiger partial charge in [0.1, 0.15) is 10.1 Å². The van der Waals surface area contributed by atoms with E-state index in [0.29, 0.717) is 16.8 Å². The van der Waals surface area contributed by atoms with Crippen molar-refractivity contribution >= 4 is 45.1 Å². The van der Waals surface area contributed by atoms with Crippen LogP contribution in [0.2, 0.25) is 0 Å². The molecule has 7 heteroatoms. The minimum absolute atomic E-state index is 0.0268. The van der Waals surface area contributed by atoms with Gasteiger partial charge in [-0.15, -0.1) is 0 Å². The van der Waals surface area contributed by atoms with E-state index in [2.05, 4.69) is 15.9 Å². The maximum absolute atomic E-state index is 13.4. The molecule has 0 unspecified atom stereocenters. The van der Waals surface area contributed by atoms with Crippen molar-refractivity contribution in [3.05, 3.63) is 29.3 Å². The molecule has 0 radical (unpaired) electrons. The van der Waals surface area contributed by atoms with Crippen molar-refractivity contribution in [3.8, 4) is 0 Å². The Balaban J connectivity index is 2.08. The average molecular weight is 420 g/mol. The van der Waals surface area contributed by atoms with Gasteiger partial charge in [0.2, 0.25) is 5.91 Å². The Bertz CT molecular complexity index is 881. The predicted octanol–water partition coefficient (Wildman–Crippen LogP) is 2.01. The Morgan fingerprint density at radius 2 is 2.08 bits per heavy atom. The number of ketones is 2. The second-order valence-corrected chi connectivity index (χ2v) is 8.43. The molecule has 0 saturated heterocycles. The smallest absolute Gasteiger partial charge is 0.324 e. The number of hydrogen-bond acceptors (Lipinski definition) is 5. The van der Waals surface area contributed by atoms with Crippen LogP contribution in [0.4, 0.5) is 5.69 Å². The summed E-state index contributed by atoms with van der Waals surface area (Å²) >= 11 is 3.56. The largest absolute Gasteiger partial charge is 0.465 e. The van der Waals surface area contributed by atoms with E-state index in [4.69, 9.17) is 4.74 Å². The maximum atomic E-state index is 13.4. The van der Waals surface area contributed by atoms with Gasteiger partial charge < -0.3 is 9.64 Å². The molecule has 136 valence electrons. The van der Waals surface area contributed by atoms with Gasteiger partial charge in [0, 0.05) is 24.7 Å². The molecule has 1 aliphatic heterocycles. The van der Waals surface area contributed by atoms with Crippen molar-refractivity contribution in [2.24, 2.45) is 5.92 Å². The van der Waals surface area contributed by atoms with Crippen LogP contribution in [-0.4, -0.2) is 37.1 Å². The molecule has 2 aliphatic carbocycles. The second kappa shape index (κ2) is 5.49. The summed E-state index contributed by atoms with van der Waals surface area (Å²) in [5.74, 6) is -2.51. The summed E-state index contributed by atoms with van der Waals surface area (Å²) in [6, 6.07) is 5.25. The van der Waals surface area contributed by atoms with Gasteiger partial charge in [0.15, 0.2) is 11.2 Å². The lowest BCUT2D eigenvalue weighted by Gasteiger charge is -2.36. The Hall–Kier alpha value is -2.02. The van der Waals surface area contributed by atoms with Gasteiger partial charge in [-0.05, 0) is 31.4 Å². The summed E-state index contributed by atoms with van der Waals surface area (Å²) in [6.45, 7) is 1.82. The molecular weight excluding hydrogens is 402 g/mol. The SMILES string of the molecule is CCOC(=O)[C@@]12CCC(=O)[C@@H](C[C@@]3(Br)C(=O)N(C)c4cccc1c43)C2=O. The third-order valence-corrected chi connectivity index (χ3v) is 6.94. The number of carbonyl (C=O) groups is 4. The summed E-state index contributed by atoms with van der Waals surface area (Å²) in [7, 11) is 1.66. The van der Waals surface area contributed by atoms with E-state index in [0.717, 1.165) is 0 Å². The van der Waals surface area contributed by atoms with E-state index in [1.807, 2.05) is 0 Å². The molecule has 0 N–H and O–H groups in total. The third-order valence-electron chi connectivity index (χ3n) is 5.88. The number of anilines is 1. The Morgan fingerprint density at radius 1 is 1.35 bits per heavy atom. The van der Waals surface area contributed by atoms with E-state index in [-0.39, 0.29) is 37.6 Å². The molecule has 1 amide bonds. The number of Topliss-reactive ketones (excluding diaryl/α,β-unsaturated/α-hetero) is 2. The monoisotopic (exact) mass is 419 g/mol. The second-order valence-electron chi connectivity index (χ2n) is 7.08. The summed E-state index contributed by atoms with van der Waals surface area (Å²) in [4.78, 5) is 53.4. The molecule has 1 aromatic rings. The van der Waals surface area contributed by atoms with E-state index in [9.17, 15) is 19.2 Å². The standard InChI is InChI=1S/C19H18BrNO5/c1-3-26-17(25)18-8-7-13(22)10(15(18)23)9-19(20)14-11(18)5-4-6-12(14)21(2)16(19)24/h4-6,10H,3,7-9H2,1-2H3/t10-,18+,19+/m1/s1. The van der Waals surface area contributed by atoms with Gasteiger partial charge in [-0.25, -0.2) is 0 Å². The van der Waals surface area contributed by atoms with Crippen LogP contribution in [0.5, 0.6) is 0 Å². The highest BCUT2D eigenvalue weighted by Gasteiger charge is 2.64. The number of rotatable bonds is 2. The molecule has 1 fully saturated rings. The van der Waals surface area contributed by atoms with Crippen molar-refractivity contribution in [1.29, 1.82) is 0 Å². The van der Waals surface area contributed by atoms with Gasteiger partial charge in [0.25, 0.3) is 0 Å².